The van der Waals surface area contributed by atoms with Crippen LogP contribution in [0.1, 0.15) is 55.3 Å². The molecular weight excluding hydrogens is 408 g/mol. The molecule has 0 atom stereocenters. The molecule has 1 saturated carbocycles. The average molecular weight is 443 g/mol. The molecule has 32 heavy (non-hydrogen) atoms. The second-order valence-corrected chi connectivity index (χ2v) is 8.70. The zero-order valence-electron chi connectivity index (χ0n) is 18.6. The van der Waals surface area contributed by atoms with Crippen LogP contribution in [0.3, 0.4) is 0 Å². The summed E-state index contributed by atoms with van der Waals surface area (Å²) in [6.45, 7) is 2.68. The number of nitrogens with zero attached hydrogens (tertiary/aromatic N) is 1. The van der Waals surface area contributed by atoms with Crippen LogP contribution in [0.2, 0.25) is 0 Å². The van der Waals surface area contributed by atoms with Crippen LogP contribution in [-0.2, 0) is 14.4 Å². The lowest BCUT2D eigenvalue weighted by Crippen LogP contribution is -2.40. The third-order valence-electron chi connectivity index (χ3n) is 6.33. The van der Waals surface area contributed by atoms with Crippen molar-refractivity contribution in [3.8, 4) is 0 Å². The molecule has 3 N–H and O–H groups in total. The van der Waals surface area contributed by atoms with Gasteiger partial charge in [0, 0.05) is 44.1 Å². The van der Waals surface area contributed by atoms with Crippen molar-refractivity contribution in [2.75, 3.05) is 32.7 Å². The van der Waals surface area contributed by atoms with E-state index in [1.807, 2.05) is 11.0 Å². The summed E-state index contributed by atoms with van der Waals surface area (Å²) in [6.07, 6.45) is 5.83. The molecule has 8 heteroatoms. The van der Waals surface area contributed by atoms with E-state index in [1.54, 1.807) is 24.3 Å². The summed E-state index contributed by atoms with van der Waals surface area (Å²) >= 11 is 0. The molecule has 0 unspecified atom stereocenters. The molecule has 2 fully saturated rings. The Balaban J connectivity index is 1.24. The molecule has 0 bridgehead atoms. The highest BCUT2D eigenvalue weighted by molar-refractivity contribution is 5.96. The number of carbonyl (C=O) groups excluding carboxylic acids is 4. The Bertz CT molecular complexity index is 790. The van der Waals surface area contributed by atoms with Gasteiger partial charge in [-0.2, -0.15) is 0 Å². The summed E-state index contributed by atoms with van der Waals surface area (Å²) in [5.74, 6) is 0.239. The number of amides is 4. The van der Waals surface area contributed by atoms with Gasteiger partial charge in [0.05, 0.1) is 6.54 Å². The Labute approximate surface area is 189 Å². The number of benzene rings is 1. The van der Waals surface area contributed by atoms with Gasteiger partial charge >= 0.3 is 0 Å². The largest absolute Gasteiger partial charge is 0.356 e. The number of nitrogens with one attached hydrogen (secondary N) is 3. The molecule has 4 amide bonds. The van der Waals surface area contributed by atoms with Crippen molar-refractivity contribution in [3.63, 3.8) is 0 Å². The molecule has 8 nitrogen and oxygen atoms in total. The van der Waals surface area contributed by atoms with Crippen LogP contribution in [0, 0.1) is 11.8 Å². The van der Waals surface area contributed by atoms with Gasteiger partial charge < -0.3 is 20.9 Å². The standard InChI is InChI=1S/C24H34N4O4/c29-21(17-27-24(32)19-6-2-1-3-7-19)26-16-18-9-11-20(12-10-18)23(31)25-13-5-15-28-14-4-8-22(28)30/h1-3,6-7,18,20H,4-5,8-17H2,(H,25,31)(H,26,29)(H,27,32). The first kappa shape index (κ1) is 23.8. The van der Waals surface area contributed by atoms with Gasteiger partial charge in [-0.25, -0.2) is 0 Å². The molecule has 174 valence electrons. The molecule has 1 saturated heterocycles. The van der Waals surface area contributed by atoms with Crippen LogP contribution in [0.15, 0.2) is 30.3 Å². The lowest BCUT2D eigenvalue weighted by atomic mass is 9.81. The van der Waals surface area contributed by atoms with E-state index in [1.165, 1.54) is 0 Å². The lowest BCUT2D eigenvalue weighted by molar-refractivity contribution is -0.127. The fourth-order valence-electron chi connectivity index (χ4n) is 4.37. The predicted octanol–water partition coefficient (Wildman–Crippen LogP) is 1.47. The SMILES string of the molecule is O=C(CNC(=O)c1ccccc1)NCC1CCC(C(=O)NCCCN2CCCC2=O)CC1. The van der Waals surface area contributed by atoms with Crippen LogP contribution in [-0.4, -0.2) is 61.3 Å². The second-order valence-electron chi connectivity index (χ2n) is 8.70. The quantitative estimate of drug-likeness (QED) is 0.477. The topological polar surface area (TPSA) is 108 Å². The van der Waals surface area contributed by atoms with Gasteiger partial charge in [0.2, 0.25) is 17.7 Å². The molecular formula is C24H34N4O4. The van der Waals surface area contributed by atoms with E-state index < -0.39 is 0 Å². The first-order valence-corrected chi connectivity index (χ1v) is 11.7. The summed E-state index contributed by atoms with van der Waals surface area (Å²) in [5.41, 5.74) is 0.529. The van der Waals surface area contributed by atoms with Gasteiger partial charge in [0.25, 0.3) is 5.91 Å². The molecule has 1 heterocycles. The maximum atomic E-state index is 12.4. The normalized spacial score (nSPS) is 20.6. The highest BCUT2D eigenvalue weighted by Crippen LogP contribution is 2.28. The average Bonchev–Trinajstić information content (AvgIpc) is 3.24. The summed E-state index contributed by atoms with van der Waals surface area (Å²) in [6, 6.07) is 8.80. The minimum Gasteiger partial charge on any atom is -0.356 e. The van der Waals surface area contributed by atoms with Crippen LogP contribution in [0.5, 0.6) is 0 Å². The van der Waals surface area contributed by atoms with E-state index in [4.69, 9.17) is 0 Å². The number of carbonyl (C=O) groups is 4. The van der Waals surface area contributed by atoms with Crippen molar-refractivity contribution in [3.05, 3.63) is 35.9 Å². The van der Waals surface area contributed by atoms with Gasteiger partial charge in [0.1, 0.15) is 0 Å². The van der Waals surface area contributed by atoms with Gasteiger partial charge in [-0.05, 0) is 56.6 Å². The third-order valence-corrected chi connectivity index (χ3v) is 6.33. The number of likely N-dealkylation sites (tertiary alicyclic amines) is 1. The van der Waals surface area contributed by atoms with Crippen molar-refractivity contribution in [2.24, 2.45) is 11.8 Å². The second kappa shape index (κ2) is 12.2. The summed E-state index contributed by atoms with van der Waals surface area (Å²) < 4.78 is 0. The molecule has 1 aromatic rings. The Morgan fingerprint density at radius 2 is 1.72 bits per heavy atom. The van der Waals surface area contributed by atoms with Crippen molar-refractivity contribution < 1.29 is 19.2 Å². The molecule has 1 aromatic carbocycles. The Kier molecular flexibility index (Phi) is 9.07. The van der Waals surface area contributed by atoms with E-state index in [0.717, 1.165) is 51.6 Å². The first-order chi connectivity index (χ1) is 15.5. The highest BCUT2D eigenvalue weighted by atomic mass is 16.2. The predicted molar refractivity (Wildman–Crippen MR) is 121 cm³/mol. The van der Waals surface area contributed by atoms with Gasteiger partial charge in [-0.1, -0.05) is 18.2 Å². The van der Waals surface area contributed by atoms with E-state index >= 15 is 0 Å². The Morgan fingerprint density at radius 3 is 2.41 bits per heavy atom. The monoisotopic (exact) mass is 442 g/mol. The van der Waals surface area contributed by atoms with E-state index in [0.29, 0.717) is 31.0 Å². The van der Waals surface area contributed by atoms with Crippen molar-refractivity contribution in [2.45, 2.75) is 44.9 Å². The Morgan fingerprint density at radius 1 is 0.969 bits per heavy atom. The minimum absolute atomic E-state index is 0.0283. The first-order valence-electron chi connectivity index (χ1n) is 11.7. The van der Waals surface area contributed by atoms with E-state index in [2.05, 4.69) is 16.0 Å². The summed E-state index contributed by atoms with van der Waals surface area (Å²) in [4.78, 5) is 49.9. The molecule has 2 aliphatic rings. The van der Waals surface area contributed by atoms with Gasteiger partial charge in [-0.15, -0.1) is 0 Å². The molecule has 0 radical (unpaired) electrons. The van der Waals surface area contributed by atoms with Crippen LogP contribution in [0.25, 0.3) is 0 Å². The van der Waals surface area contributed by atoms with Gasteiger partial charge in [-0.3, -0.25) is 19.2 Å². The van der Waals surface area contributed by atoms with Crippen LogP contribution >= 0.6 is 0 Å². The molecule has 3 rings (SSSR count). The number of hydrogen-bond acceptors (Lipinski definition) is 4. The van der Waals surface area contributed by atoms with Gasteiger partial charge in [0.15, 0.2) is 0 Å². The molecule has 0 aromatic heterocycles. The number of hydrogen-bond donors (Lipinski definition) is 3. The van der Waals surface area contributed by atoms with E-state index in [9.17, 15) is 19.2 Å². The van der Waals surface area contributed by atoms with Crippen LogP contribution < -0.4 is 16.0 Å². The maximum absolute atomic E-state index is 12.4. The van der Waals surface area contributed by atoms with Crippen molar-refractivity contribution in [1.29, 1.82) is 0 Å². The fraction of sp³-hybridized carbons (Fsp3) is 0.583. The smallest absolute Gasteiger partial charge is 0.251 e. The minimum atomic E-state index is -0.265. The zero-order valence-corrected chi connectivity index (χ0v) is 18.6. The van der Waals surface area contributed by atoms with Crippen LogP contribution in [0.4, 0.5) is 0 Å². The zero-order chi connectivity index (χ0) is 22.8. The van der Waals surface area contributed by atoms with E-state index in [-0.39, 0.29) is 36.1 Å². The van der Waals surface area contributed by atoms with Crippen molar-refractivity contribution >= 4 is 23.6 Å². The summed E-state index contributed by atoms with van der Waals surface area (Å²) in [7, 11) is 0. The number of rotatable bonds is 10. The molecule has 1 aliphatic carbocycles. The lowest BCUT2D eigenvalue weighted by Gasteiger charge is -2.28. The Hall–Kier alpha value is -2.90. The molecule has 1 aliphatic heterocycles. The molecule has 0 spiro atoms. The van der Waals surface area contributed by atoms with Crippen molar-refractivity contribution in [1.82, 2.24) is 20.9 Å². The maximum Gasteiger partial charge on any atom is 0.251 e. The highest BCUT2D eigenvalue weighted by Gasteiger charge is 2.26. The fourth-order valence-corrected chi connectivity index (χ4v) is 4.37. The third kappa shape index (κ3) is 7.35. The summed E-state index contributed by atoms with van der Waals surface area (Å²) in [5, 5.41) is 8.53.